The van der Waals surface area contributed by atoms with Crippen molar-refractivity contribution < 1.29 is 28.8 Å². The predicted molar refractivity (Wildman–Crippen MR) is 119 cm³/mol. The summed E-state index contributed by atoms with van der Waals surface area (Å²) < 4.78 is 5.14. The lowest BCUT2D eigenvalue weighted by Gasteiger charge is -2.19. The Kier molecular flexibility index (Phi) is 5.28. The van der Waals surface area contributed by atoms with E-state index in [2.05, 4.69) is 0 Å². The summed E-state index contributed by atoms with van der Waals surface area (Å²) >= 11 is 5.76. The minimum atomic E-state index is -0.897. The van der Waals surface area contributed by atoms with Crippen LogP contribution in [0.1, 0.15) is 27.1 Å². The van der Waals surface area contributed by atoms with Gasteiger partial charge in [-0.2, -0.15) is 0 Å². The maximum Gasteiger partial charge on any atom is 0.340 e. The van der Waals surface area contributed by atoms with Crippen molar-refractivity contribution in [1.82, 2.24) is 0 Å². The maximum atomic E-state index is 13.1. The van der Waals surface area contributed by atoms with Gasteiger partial charge < -0.3 is 4.74 Å². The smallest absolute Gasteiger partial charge is 0.340 e. The molecule has 0 N–H and O–H groups in total. The third-order valence-corrected chi connectivity index (χ3v) is 6.95. The second-order valence-corrected chi connectivity index (χ2v) is 8.86. The normalized spacial score (nSPS) is 24.4. The van der Waals surface area contributed by atoms with Crippen molar-refractivity contribution in [2.45, 2.75) is 6.42 Å². The van der Waals surface area contributed by atoms with Gasteiger partial charge in [-0.15, -0.1) is 0 Å². The Bertz CT molecular complexity index is 1270. The predicted octanol–water partition coefficient (Wildman–Crippen LogP) is 3.60. The first-order chi connectivity index (χ1) is 16.3. The molecule has 10 heteroatoms. The Morgan fingerprint density at radius 1 is 1.06 bits per heavy atom. The van der Waals surface area contributed by atoms with E-state index in [-0.39, 0.29) is 45.5 Å². The number of nitrogens with zero attached hydrogens (tertiary/aromatic N) is 2. The SMILES string of the molecule is O=C(COC(=O)c1ccccc1N1C(=O)[C@@H]2[C@H](C1=O)[C@H]1C=C[C@H]2C1)c1ccc(Cl)c([N+](=O)[O-])c1. The fraction of sp³-hybridized carbons (Fsp3) is 0.250. The highest BCUT2D eigenvalue weighted by atomic mass is 35.5. The lowest BCUT2D eigenvalue weighted by atomic mass is 9.85. The van der Waals surface area contributed by atoms with Gasteiger partial charge in [-0.3, -0.25) is 24.5 Å². The Morgan fingerprint density at radius 2 is 1.71 bits per heavy atom. The van der Waals surface area contributed by atoms with E-state index in [1.165, 1.54) is 24.3 Å². The summed E-state index contributed by atoms with van der Waals surface area (Å²) in [6.45, 7) is -0.687. The van der Waals surface area contributed by atoms with Gasteiger partial charge in [0.05, 0.1) is 28.0 Å². The van der Waals surface area contributed by atoms with Crippen molar-refractivity contribution in [2.24, 2.45) is 23.7 Å². The van der Waals surface area contributed by atoms with E-state index in [0.29, 0.717) is 0 Å². The third kappa shape index (κ3) is 3.40. The molecule has 0 spiro atoms. The second-order valence-electron chi connectivity index (χ2n) is 8.45. The Balaban J connectivity index is 1.34. The topological polar surface area (TPSA) is 124 Å². The van der Waals surface area contributed by atoms with Crippen LogP contribution in [0.5, 0.6) is 0 Å². The van der Waals surface area contributed by atoms with Gasteiger partial charge in [0.25, 0.3) is 5.69 Å². The first kappa shape index (κ1) is 22.0. The molecule has 2 bridgehead atoms. The van der Waals surface area contributed by atoms with Crippen LogP contribution in [0.4, 0.5) is 11.4 Å². The summed E-state index contributed by atoms with van der Waals surface area (Å²) in [6, 6.07) is 9.59. The van der Waals surface area contributed by atoms with Crippen LogP contribution in [-0.4, -0.2) is 35.1 Å². The number of rotatable bonds is 6. The number of nitro groups is 1. The first-order valence-corrected chi connectivity index (χ1v) is 10.9. The number of para-hydroxylation sites is 1. The van der Waals surface area contributed by atoms with Crippen LogP contribution < -0.4 is 4.90 Å². The van der Waals surface area contributed by atoms with Crippen LogP contribution in [0.3, 0.4) is 0 Å². The number of nitro benzene ring substituents is 1. The number of hydrogen-bond acceptors (Lipinski definition) is 7. The molecule has 1 saturated carbocycles. The molecule has 3 aliphatic rings. The Labute approximate surface area is 198 Å². The monoisotopic (exact) mass is 480 g/mol. The molecule has 1 heterocycles. The standard InChI is InChI=1S/C24H17ClN2O7/c25-16-8-7-12(10-18(16)27(32)33)19(28)11-34-24(31)15-3-1-2-4-17(15)26-22(29)20-13-5-6-14(9-13)21(20)23(26)30/h1-8,10,13-14,20-21H,9,11H2/t13-,14-,20-,21+/m0/s1. The summed E-state index contributed by atoms with van der Waals surface area (Å²) in [5.41, 5.74) is -0.396. The number of carbonyl (C=O) groups excluding carboxylic acids is 4. The number of fused-ring (bicyclic) bond motifs is 5. The molecule has 2 aromatic rings. The average molecular weight is 481 g/mol. The van der Waals surface area contributed by atoms with Gasteiger partial charge in [0.2, 0.25) is 17.6 Å². The molecular formula is C24H17ClN2O7. The minimum Gasteiger partial charge on any atom is -0.454 e. The average Bonchev–Trinajstić information content (AvgIpc) is 3.51. The zero-order valence-electron chi connectivity index (χ0n) is 17.5. The molecule has 4 atom stereocenters. The van der Waals surface area contributed by atoms with Crippen molar-refractivity contribution in [3.05, 3.63) is 80.9 Å². The van der Waals surface area contributed by atoms with Crippen LogP contribution >= 0.6 is 11.6 Å². The molecule has 0 aromatic heterocycles. The van der Waals surface area contributed by atoms with Crippen molar-refractivity contribution in [3.8, 4) is 0 Å². The van der Waals surface area contributed by atoms with Gasteiger partial charge in [0, 0.05) is 11.6 Å². The summed E-state index contributed by atoms with van der Waals surface area (Å²) in [5.74, 6) is -3.04. The summed E-state index contributed by atoms with van der Waals surface area (Å²) in [7, 11) is 0. The van der Waals surface area contributed by atoms with Gasteiger partial charge >= 0.3 is 5.97 Å². The molecule has 172 valence electrons. The lowest BCUT2D eigenvalue weighted by molar-refractivity contribution is -0.384. The van der Waals surface area contributed by atoms with Crippen LogP contribution in [0, 0.1) is 33.8 Å². The van der Waals surface area contributed by atoms with E-state index in [1.807, 2.05) is 12.2 Å². The molecule has 1 saturated heterocycles. The molecule has 34 heavy (non-hydrogen) atoms. The quantitative estimate of drug-likeness (QED) is 0.154. The van der Waals surface area contributed by atoms with Crippen molar-refractivity contribution in [2.75, 3.05) is 11.5 Å². The zero-order valence-corrected chi connectivity index (χ0v) is 18.3. The van der Waals surface area contributed by atoms with Crippen LogP contribution in [0.2, 0.25) is 5.02 Å². The van der Waals surface area contributed by atoms with Crippen molar-refractivity contribution in [3.63, 3.8) is 0 Å². The van der Waals surface area contributed by atoms with Crippen molar-refractivity contribution in [1.29, 1.82) is 0 Å². The number of halogens is 1. The molecule has 5 rings (SSSR count). The fourth-order valence-corrected chi connectivity index (χ4v) is 5.29. The van der Waals surface area contributed by atoms with E-state index < -0.39 is 40.8 Å². The molecule has 9 nitrogen and oxygen atoms in total. The van der Waals surface area contributed by atoms with Gasteiger partial charge in [0.1, 0.15) is 5.02 Å². The van der Waals surface area contributed by atoms with Gasteiger partial charge in [-0.05, 0) is 42.5 Å². The van der Waals surface area contributed by atoms with Gasteiger partial charge in [-0.1, -0.05) is 35.9 Å². The summed E-state index contributed by atoms with van der Waals surface area (Å²) in [5, 5.41) is 10.9. The number of imide groups is 1. The number of anilines is 1. The van der Waals surface area contributed by atoms with Crippen LogP contribution in [-0.2, 0) is 14.3 Å². The number of benzene rings is 2. The van der Waals surface area contributed by atoms with E-state index >= 15 is 0 Å². The minimum absolute atomic E-state index is 0.0246. The van der Waals surface area contributed by atoms with E-state index in [0.717, 1.165) is 17.4 Å². The highest BCUT2D eigenvalue weighted by molar-refractivity contribution is 6.32. The van der Waals surface area contributed by atoms with Gasteiger partial charge in [0.15, 0.2) is 6.61 Å². The molecule has 2 aromatic carbocycles. The number of carbonyl (C=O) groups is 4. The number of ketones is 1. The van der Waals surface area contributed by atoms with Gasteiger partial charge in [-0.25, -0.2) is 9.69 Å². The van der Waals surface area contributed by atoms with Crippen molar-refractivity contribution >= 4 is 46.5 Å². The Hall–Kier alpha value is -3.85. The number of ether oxygens (including phenoxy) is 1. The number of allylic oxidation sites excluding steroid dienone is 2. The summed E-state index contributed by atoms with van der Waals surface area (Å²) in [6.07, 6.45) is 4.75. The second kappa shape index (κ2) is 8.18. The maximum absolute atomic E-state index is 13.1. The van der Waals surface area contributed by atoms with E-state index in [9.17, 15) is 29.3 Å². The van der Waals surface area contributed by atoms with E-state index in [4.69, 9.17) is 16.3 Å². The molecule has 2 aliphatic carbocycles. The number of Topliss-reactive ketones (excluding diaryl/α,β-unsaturated/α-hetero) is 1. The summed E-state index contributed by atoms with van der Waals surface area (Å²) in [4.78, 5) is 62.9. The Morgan fingerprint density at radius 3 is 2.35 bits per heavy atom. The molecule has 1 aliphatic heterocycles. The van der Waals surface area contributed by atoms with Crippen LogP contribution in [0.15, 0.2) is 54.6 Å². The largest absolute Gasteiger partial charge is 0.454 e. The van der Waals surface area contributed by atoms with E-state index in [1.54, 1.807) is 12.1 Å². The molecule has 0 radical (unpaired) electrons. The molecule has 2 amide bonds. The third-order valence-electron chi connectivity index (χ3n) is 6.63. The number of amides is 2. The highest BCUT2D eigenvalue weighted by Gasteiger charge is 2.59. The molecule has 2 fully saturated rings. The zero-order chi connectivity index (χ0) is 24.1. The molecular weight excluding hydrogens is 464 g/mol. The molecule has 0 unspecified atom stereocenters. The number of hydrogen-bond donors (Lipinski definition) is 0. The lowest BCUT2D eigenvalue weighted by Crippen LogP contribution is -2.34. The highest BCUT2D eigenvalue weighted by Crippen LogP contribution is 2.53. The first-order valence-electron chi connectivity index (χ1n) is 10.6. The fourth-order valence-electron chi connectivity index (χ4n) is 5.10. The van der Waals surface area contributed by atoms with Crippen LogP contribution in [0.25, 0.3) is 0 Å². The number of esters is 1.